The van der Waals surface area contributed by atoms with Crippen LogP contribution in [0.4, 0.5) is 5.95 Å². The van der Waals surface area contributed by atoms with Crippen LogP contribution in [0.5, 0.6) is 0 Å². The molecule has 0 spiro atoms. The van der Waals surface area contributed by atoms with E-state index in [0.29, 0.717) is 18.5 Å². The molecule has 2 atom stereocenters. The van der Waals surface area contributed by atoms with Crippen LogP contribution in [0.2, 0.25) is 0 Å². The summed E-state index contributed by atoms with van der Waals surface area (Å²) in [6, 6.07) is 2.53. The van der Waals surface area contributed by atoms with Crippen molar-refractivity contribution in [3.05, 3.63) is 18.5 Å². The number of primary amides is 1. The fourth-order valence-electron chi connectivity index (χ4n) is 2.65. The van der Waals surface area contributed by atoms with E-state index in [1.165, 1.54) is 0 Å². The molecule has 2 rings (SSSR count). The Hall–Kier alpha value is -1.69. The van der Waals surface area contributed by atoms with Gasteiger partial charge in [0.25, 0.3) is 0 Å². The minimum atomic E-state index is -0.242. The van der Waals surface area contributed by atoms with Crippen molar-refractivity contribution in [1.29, 1.82) is 0 Å². The molecule has 19 heavy (non-hydrogen) atoms. The molecule has 1 fully saturated rings. The second-order valence-electron chi connectivity index (χ2n) is 5.11. The molecule has 1 amide bonds. The standard InChI is InChI=1S/C13H21N5O/c1-10-8-17(13-15-5-3-6-16-13)9-11(2)18(10)7-4-12(14)19/h3,5-6,10-11H,4,7-9H2,1-2H3,(H2,14,19). The topological polar surface area (TPSA) is 75.3 Å². The Morgan fingerprint density at radius 2 is 1.89 bits per heavy atom. The summed E-state index contributed by atoms with van der Waals surface area (Å²) in [6.45, 7) is 6.78. The number of hydrogen-bond acceptors (Lipinski definition) is 5. The fraction of sp³-hybridized carbons (Fsp3) is 0.615. The molecule has 0 bridgehead atoms. The number of nitrogens with two attached hydrogens (primary N) is 1. The number of carbonyl (C=O) groups is 1. The molecule has 104 valence electrons. The fourth-order valence-corrected chi connectivity index (χ4v) is 2.65. The van der Waals surface area contributed by atoms with Gasteiger partial charge in [0.2, 0.25) is 11.9 Å². The second-order valence-corrected chi connectivity index (χ2v) is 5.11. The van der Waals surface area contributed by atoms with Crippen LogP contribution in [0.3, 0.4) is 0 Å². The third-order valence-electron chi connectivity index (χ3n) is 3.55. The molecule has 0 aromatic carbocycles. The summed E-state index contributed by atoms with van der Waals surface area (Å²) in [5.74, 6) is 0.531. The van der Waals surface area contributed by atoms with Crippen LogP contribution in [0, 0.1) is 0 Å². The van der Waals surface area contributed by atoms with Gasteiger partial charge in [-0.2, -0.15) is 0 Å². The van der Waals surface area contributed by atoms with E-state index in [0.717, 1.165) is 25.6 Å². The number of rotatable bonds is 4. The predicted molar refractivity (Wildman–Crippen MR) is 73.7 cm³/mol. The molecule has 2 heterocycles. The smallest absolute Gasteiger partial charge is 0.225 e. The number of carbonyl (C=O) groups excluding carboxylic acids is 1. The number of nitrogens with zero attached hydrogens (tertiary/aromatic N) is 4. The minimum Gasteiger partial charge on any atom is -0.370 e. The molecule has 2 unspecified atom stereocenters. The van der Waals surface area contributed by atoms with E-state index < -0.39 is 0 Å². The molecular formula is C13H21N5O. The van der Waals surface area contributed by atoms with Gasteiger partial charge < -0.3 is 10.6 Å². The Balaban J connectivity index is 2.00. The van der Waals surface area contributed by atoms with Gasteiger partial charge in [0.1, 0.15) is 0 Å². The van der Waals surface area contributed by atoms with E-state index in [1.54, 1.807) is 12.4 Å². The van der Waals surface area contributed by atoms with Crippen LogP contribution in [0.1, 0.15) is 20.3 Å². The summed E-state index contributed by atoms with van der Waals surface area (Å²) in [5.41, 5.74) is 5.22. The molecule has 0 aliphatic carbocycles. The Labute approximate surface area is 113 Å². The highest BCUT2D eigenvalue weighted by atomic mass is 16.1. The zero-order chi connectivity index (χ0) is 13.8. The molecule has 1 aromatic rings. The summed E-state index contributed by atoms with van der Waals surface area (Å²) in [6.07, 6.45) is 3.94. The highest BCUT2D eigenvalue weighted by Gasteiger charge is 2.30. The van der Waals surface area contributed by atoms with Crippen molar-refractivity contribution in [1.82, 2.24) is 14.9 Å². The van der Waals surface area contributed by atoms with E-state index >= 15 is 0 Å². The lowest BCUT2D eigenvalue weighted by molar-refractivity contribution is -0.118. The average molecular weight is 263 g/mol. The van der Waals surface area contributed by atoms with E-state index in [2.05, 4.69) is 33.6 Å². The number of amides is 1. The summed E-state index contributed by atoms with van der Waals surface area (Å²) in [7, 11) is 0. The van der Waals surface area contributed by atoms with Crippen LogP contribution in [-0.2, 0) is 4.79 Å². The van der Waals surface area contributed by atoms with Gasteiger partial charge in [-0.05, 0) is 19.9 Å². The Bertz CT molecular complexity index is 412. The molecule has 1 aliphatic heterocycles. The molecule has 1 aromatic heterocycles. The number of anilines is 1. The van der Waals surface area contributed by atoms with Gasteiger partial charge in [-0.3, -0.25) is 9.69 Å². The molecule has 6 heteroatoms. The zero-order valence-electron chi connectivity index (χ0n) is 11.5. The van der Waals surface area contributed by atoms with Gasteiger partial charge in [-0.25, -0.2) is 9.97 Å². The van der Waals surface area contributed by atoms with E-state index in [4.69, 9.17) is 5.73 Å². The van der Waals surface area contributed by atoms with Crippen LogP contribution >= 0.6 is 0 Å². The maximum atomic E-state index is 10.9. The largest absolute Gasteiger partial charge is 0.370 e. The SMILES string of the molecule is CC1CN(c2ncccn2)CC(C)N1CCC(N)=O. The van der Waals surface area contributed by atoms with Crippen LogP contribution in [-0.4, -0.2) is 52.5 Å². The van der Waals surface area contributed by atoms with Crippen molar-refractivity contribution in [2.75, 3.05) is 24.5 Å². The number of aromatic nitrogens is 2. The van der Waals surface area contributed by atoms with Crippen molar-refractivity contribution >= 4 is 11.9 Å². The first-order chi connectivity index (χ1) is 9.08. The Morgan fingerprint density at radius 1 is 1.32 bits per heavy atom. The van der Waals surface area contributed by atoms with Crippen LogP contribution in [0.15, 0.2) is 18.5 Å². The third-order valence-corrected chi connectivity index (χ3v) is 3.55. The van der Waals surface area contributed by atoms with Gasteiger partial charge in [0, 0.05) is 50.5 Å². The number of piperazine rings is 1. The summed E-state index contributed by atoms with van der Waals surface area (Å²) >= 11 is 0. The molecule has 2 N–H and O–H groups in total. The summed E-state index contributed by atoms with van der Waals surface area (Å²) in [4.78, 5) is 24.0. The maximum absolute atomic E-state index is 10.9. The van der Waals surface area contributed by atoms with E-state index in [9.17, 15) is 4.79 Å². The lowest BCUT2D eigenvalue weighted by Crippen LogP contribution is -2.57. The van der Waals surface area contributed by atoms with Crippen molar-refractivity contribution in [2.45, 2.75) is 32.4 Å². The highest BCUT2D eigenvalue weighted by molar-refractivity contribution is 5.73. The zero-order valence-corrected chi connectivity index (χ0v) is 11.5. The summed E-state index contributed by atoms with van der Waals surface area (Å²) in [5, 5.41) is 0. The molecule has 1 saturated heterocycles. The minimum absolute atomic E-state index is 0.242. The molecule has 0 saturated carbocycles. The molecular weight excluding hydrogens is 242 g/mol. The van der Waals surface area contributed by atoms with Gasteiger partial charge >= 0.3 is 0 Å². The lowest BCUT2D eigenvalue weighted by Gasteiger charge is -2.44. The molecule has 0 radical (unpaired) electrons. The first-order valence-corrected chi connectivity index (χ1v) is 6.64. The van der Waals surface area contributed by atoms with E-state index in [-0.39, 0.29) is 5.91 Å². The quantitative estimate of drug-likeness (QED) is 0.843. The molecule has 1 aliphatic rings. The lowest BCUT2D eigenvalue weighted by atomic mass is 10.1. The Kier molecular flexibility index (Phi) is 4.31. The average Bonchev–Trinajstić information content (AvgIpc) is 2.38. The van der Waals surface area contributed by atoms with Crippen molar-refractivity contribution in [3.8, 4) is 0 Å². The second kappa shape index (κ2) is 5.97. The third kappa shape index (κ3) is 3.41. The normalized spacial score (nSPS) is 24.4. The first-order valence-electron chi connectivity index (χ1n) is 6.64. The van der Waals surface area contributed by atoms with Crippen molar-refractivity contribution < 1.29 is 4.79 Å². The van der Waals surface area contributed by atoms with Crippen LogP contribution < -0.4 is 10.6 Å². The van der Waals surface area contributed by atoms with Gasteiger partial charge in [0.05, 0.1) is 0 Å². The van der Waals surface area contributed by atoms with Crippen molar-refractivity contribution in [2.24, 2.45) is 5.73 Å². The monoisotopic (exact) mass is 263 g/mol. The maximum Gasteiger partial charge on any atom is 0.225 e. The highest BCUT2D eigenvalue weighted by Crippen LogP contribution is 2.19. The Morgan fingerprint density at radius 3 is 2.42 bits per heavy atom. The van der Waals surface area contributed by atoms with E-state index in [1.807, 2.05) is 6.07 Å². The van der Waals surface area contributed by atoms with Gasteiger partial charge in [-0.1, -0.05) is 0 Å². The predicted octanol–water partition coefficient (Wildman–Crippen LogP) is 0.251. The van der Waals surface area contributed by atoms with Crippen molar-refractivity contribution in [3.63, 3.8) is 0 Å². The van der Waals surface area contributed by atoms with Gasteiger partial charge in [0.15, 0.2) is 0 Å². The first kappa shape index (κ1) is 13.7. The van der Waals surface area contributed by atoms with Crippen LogP contribution in [0.25, 0.3) is 0 Å². The number of hydrogen-bond donors (Lipinski definition) is 1. The van der Waals surface area contributed by atoms with Gasteiger partial charge in [-0.15, -0.1) is 0 Å². The summed E-state index contributed by atoms with van der Waals surface area (Å²) < 4.78 is 0. The molecule has 6 nitrogen and oxygen atoms in total.